The van der Waals surface area contributed by atoms with Gasteiger partial charge in [0.05, 0.1) is 21.5 Å². The summed E-state index contributed by atoms with van der Waals surface area (Å²) in [6.07, 6.45) is -5.01. The van der Waals surface area contributed by atoms with E-state index in [2.05, 4.69) is 0 Å². The lowest BCUT2D eigenvalue weighted by Crippen LogP contribution is -2.22. The molecule has 10 heteroatoms. The van der Waals surface area contributed by atoms with Gasteiger partial charge < -0.3 is 4.90 Å². The molecule has 0 heterocycles. The number of rotatable bonds is 5. The number of benzene rings is 2. The van der Waals surface area contributed by atoms with Crippen molar-refractivity contribution in [1.82, 2.24) is 0 Å². The van der Waals surface area contributed by atoms with Crippen LogP contribution in [0.2, 0.25) is 0 Å². The highest BCUT2D eigenvalue weighted by atomic mass is 19.4. The molecule has 138 valence electrons. The lowest BCUT2D eigenvalue weighted by atomic mass is 10.1. The summed E-state index contributed by atoms with van der Waals surface area (Å²) in [5, 5.41) is 22.3. The van der Waals surface area contributed by atoms with E-state index in [4.69, 9.17) is 0 Å². The van der Waals surface area contributed by atoms with E-state index in [0.29, 0.717) is 17.8 Å². The van der Waals surface area contributed by atoms with E-state index >= 15 is 0 Å². The summed E-state index contributed by atoms with van der Waals surface area (Å²) in [6.45, 7) is 3.31. The summed E-state index contributed by atoms with van der Waals surface area (Å²) in [5.41, 5.74) is -2.96. The molecule has 0 N–H and O–H groups in total. The molecule has 0 amide bonds. The number of aryl methyl sites for hydroxylation is 1. The van der Waals surface area contributed by atoms with Gasteiger partial charge in [0.2, 0.25) is 0 Å². The van der Waals surface area contributed by atoms with E-state index in [1.165, 1.54) is 19.1 Å². The van der Waals surface area contributed by atoms with Crippen LogP contribution in [0.3, 0.4) is 0 Å². The van der Waals surface area contributed by atoms with Crippen LogP contribution in [0.5, 0.6) is 0 Å². The van der Waals surface area contributed by atoms with Crippen molar-refractivity contribution in [2.45, 2.75) is 20.0 Å². The first-order chi connectivity index (χ1) is 12.1. The third kappa shape index (κ3) is 3.73. The molecule has 0 atom stereocenters. The van der Waals surface area contributed by atoms with Crippen molar-refractivity contribution >= 4 is 22.7 Å². The zero-order chi connectivity index (χ0) is 19.6. The summed E-state index contributed by atoms with van der Waals surface area (Å²) < 4.78 is 40.6. The largest absolute Gasteiger partial charge is 0.418 e. The Bertz CT molecular complexity index is 851. The molecule has 0 spiro atoms. The Kier molecular flexibility index (Phi) is 5.15. The van der Waals surface area contributed by atoms with Crippen LogP contribution >= 0.6 is 0 Å². The van der Waals surface area contributed by atoms with Crippen LogP contribution < -0.4 is 4.90 Å². The molecule has 0 aromatic heterocycles. The van der Waals surface area contributed by atoms with Crippen molar-refractivity contribution in [3.8, 4) is 0 Å². The fourth-order valence-electron chi connectivity index (χ4n) is 2.54. The average Bonchev–Trinajstić information content (AvgIpc) is 2.55. The maximum atomic E-state index is 13.5. The highest BCUT2D eigenvalue weighted by Crippen LogP contribution is 2.46. The highest BCUT2D eigenvalue weighted by Gasteiger charge is 2.41. The summed E-state index contributed by atoms with van der Waals surface area (Å²) in [4.78, 5) is 21.3. The smallest absolute Gasteiger partial charge is 0.336 e. The van der Waals surface area contributed by atoms with Crippen molar-refractivity contribution in [1.29, 1.82) is 0 Å². The second-order valence-electron chi connectivity index (χ2n) is 5.45. The SMILES string of the molecule is CCN(c1ccc(C)cc1)c1c([N+](=O)[O-])cc([N+](=O)[O-])cc1C(F)(F)F. The van der Waals surface area contributed by atoms with E-state index in [-0.39, 0.29) is 6.54 Å². The minimum absolute atomic E-state index is 0.00914. The van der Waals surface area contributed by atoms with Gasteiger partial charge in [-0.2, -0.15) is 13.2 Å². The van der Waals surface area contributed by atoms with Crippen molar-refractivity contribution < 1.29 is 23.0 Å². The Morgan fingerprint density at radius 1 is 1.04 bits per heavy atom. The second kappa shape index (κ2) is 6.98. The topological polar surface area (TPSA) is 89.5 Å². The van der Waals surface area contributed by atoms with E-state index < -0.39 is 38.6 Å². The number of alkyl halides is 3. The molecule has 0 saturated carbocycles. The van der Waals surface area contributed by atoms with Crippen molar-refractivity contribution in [2.75, 3.05) is 11.4 Å². The van der Waals surface area contributed by atoms with Crippen LogP contribution in [0, 0.1) is 27.2 Å². The number of nitro benzene ring substituents is 2. The zero-order valence-corrected chi connectivity index (χ0v) is 13.8. The molecule has 0 saturated heterocycles. The fraction of sp³-hybridized carbons (Fsp3) is 0.250. The Morgan fingerprint density at radius 3 is 2.04 bits per heavy atom. The number of hydrogen-bond acceptors (Lipinski definition) is 5. The molecular weight excluding hydrogens is 355 g/mol. The molecule has 0 aliphatic rings. The van der Waals surface area contributed by atoms with Crippen molar-refractivity contribution in [3.05, 3.63) is 67.8 Å². The molecule has 0 bridgehead atoms. The van der Waals surface area contributed by atoms with Gasteiger partial charge in [0, 0.05) is 18.3 Å². The molecular formula is C16H14F3N3O4. The molecule has 2 rings (SSSR count). The number of nitrogens with zero attached hydrogens (tertiary/aromatic N) is 3. The number of halogens is 3. The third-order valence-corrected chi connectivity index (χ3v) is 3.72. The zero-order valence-electron chi connectivity index (χ0n) is 13.8. The van der Waals surface area contributed by atoms with E-state index in [9.17, 15) is 33.4 Å². The number of non-ortho nitro benzene ring substituents is 1. The summed E-state index contributed by atoms with van der Waals surface area (Å²) in [5.74, 6) is 0. The fourth-order valence-corrected chi connectivity index (χ4v) is 2.54. The Hall–Kier alpha value is -3.17. The maximum Gasteiger partial charge on any atom is 0.418 e. The van der Waals surface area contributed by atoms with Gasteiger partial charge in [-0.05, 0) is 26.0 Å². The molecule has 0 radical (unpaired) electrons. The minimum atomic E-state index is -5.01. The van der Waals surface area contributed by atoms with Gasteiger partial charge in [0.15, 0.2) is 0 Å². The van der Waals surface area contributed by atoms with Gasteiger partial charge in [-0.1, -0.05) is 17.7 Å². The van der Waals surface area contributed by atoms with Gasteiger partial charge in [-0.3, -0.25) is 20.2 Å². The van der Waals surface area contributed by atoms with Gasteiger partial charge in [-0.25, -0.2) is 0 Å². The van der Waals surface area contributed by atoms with Crippen LogP contribution in [-0.4, -0.2) is 16.4 Å². The van der Waals surface area contributed by atoms with Crippen LogP contribution in [-0.2, 0) is 6.18 Å². The predicted molar refractivity (Wildman–Crippen MR) is 88.6 cm³/mol. The van der Waals surface area contributed by atoms with Gasteiger partial charge in [-0.15, -0.1) is 0 Å². The molecule has 2 aromatic rings. The maximum absolute atomic E-state index is 13.5. The molecule has 0 aliphatic heterocycles. The van der Waals surface area contributed by atoms with Crippen LogP contribution in [0.4, 0.5) is 35.9 Å². The van der Waals surface area contributed by atoms with Crippen LogP contribution in [0.15, 0.2) is 36.4 Å². The lowest BCUT2D eigenvalue weighted by Gasteiger charge is -2.26. The summed E-state index contributed by atoms with van der Waals surface area (Å²) >= 11 is 0. The van der Waals surface area contributed by atoms with Crippen molar-refractivity contribution in [3.63, 3.8) is 0 Å². The summed E-state index contributed by atoms with van der Waals surface area (Å²) in [6, 6.07) is 7.24. The predicted octanol–water partition coefficient (Wildman–Crippen LogP) is 4.99. The monoisotopic (exact) mass is 369 g/mol. The summed E-state index contributed by atoms with van der Waals surface area (Å²) in [7, 11) is 0. The van der Waals surface area contributed by atoms with Gasteiger partial charge >= 0.3 is 6.18 Å². The van der Waals surface area contributed by atoms with Crippen LogP contribution in [0.25, 0.3) is 0 Å². The average molecular weight is 369 g/mol. The van der Waals surface area contributed by atoms with Gasteiger partial charge in [0.25, 0.3) is 11.4 Å². The van der Waals surface area contributed by atoms with E-state index in [0.717, 1.165) is 10.5 Å². The van der Waals surface area contributed by atoms with E-state index in [1.807, 2.05) is 0 Å². The Labute approximate surface area is 146 Å². The molecule has 7 nitrogen and oxygen atoms in total. The van der Waals surface area contributed by atoms with Gasteiger partial charge in [0.1, 0.15) is 5.69 Å². The molecule has 0 fully saturated rings. The first kappa shape index (κ1) is 19.2. The highest BCUT2D eigenvalue weighted by molar-refractivity contribution is 5.78. The lowest BCUT2D eigenvalue weighted by molar-refractivity contribution is -0.394. The second-order valence-corrected chi connectivity index (χ2v) is 5.45. The first-order valence-corrected chi connectivity index (χ1v) is 7.44. The standard InChI is InChI=1S/C16H14F3N3O4/c1-3-20(11-6-4-10(2)5-7-11)15-13(16(17,18)19)8-12(21(23)24)9-14(15)22(25)26/h4-9H,3H2,1-2H3. The minimum Gasteiger partial charge on any atom is -0.336 e. The number of anilines is 2. The molecule has 0 unspecified atom stereocenters. The first-order valence-electron chi connectivity index (χ1n) is 7.44. The van der Waals surface area contributed by atoms with Crippen molar-refractivity contribution in [2.24, 2.45) is 0 Å². The van der Waals surface area contributed by atoms with E-state index in [1.54, 1.807) is 19.1 Å². The number of hydrogen-bond donors (Lipinski definition) is 0. The van der Waals surface area contributed by atoms with Crippen LogP contribution in [0.1, 0.15) is 18.1 Å². The molecule has 26 heavy (non-hydrogen) atoms. The third-order valence-electron chi connectivity index (χ3n) is 3.72. The quantitative estimate of drug-likeness (QED) is 0.547. The Balaban J connectivity index is 2.84. The molecule has 2 aromatic carbocycles. The Morgan fingerprint density at radius 2 is 1.62 bits per heavy atom. The normalized spacial score (nSPS) is 11.3. The molecule has 0 aliphatic carbocycles. The number of nitro groups is 2.